The molecule has 7 nitrogen and oxygen atoms in total. The van der Waals surface area contributed by atoms with E-state index in [1.807, 2.05) is 12.1 Å². The fraction of sp³-hybridized carbons (Fsp3) is 0.364. The normalized spacial score (nSPS) is 9.26. The van der Waals surface area contributed by atoms with E-state index in [0.717, 1.165) is 11.3 Å². The van der Waals surface area contributed by atoms with Crippen molar-refractivity contribution < 1.29 is 14.3 Å². The van der Waals surface area contributed by atoms with Gasteiger partial charge in [-0.3, -0.25) is 4.79 Å². The third-order valence-electron chi connectivity index (χ3n) is 2.11. The van der Waals surface area contributed by atoms with Crippen LogP contribution in [0, 0.1) is 22.7 Å². The third-order valence-corrected chi connectivity index (χ3v) is 3.33. The van der Waals surface area contributed by atoms with Crippen LogP contribution in [0.1, 0.15) is 27.1 Å². The van der Waals surface area contributed by atoms with E-state index in [2.05, 4.69) is 9.72 Å². The van der Waals surface area contributed by atoms with Gasteiger partial charge < -0.3 is 9.64 Å². The summed E-state index contributed by atoms with van der Waals surface area (Å²) >= 11 is 0.962. The van der Waals surface area contributed by atoms with Gasteiger partial charge in [0.1, 0.15) is 18.0 Å². The van der Waals surface area contributed by atoms with Crippen LogP contribution >= 0.6 is 11.3 Å². The molecule has 19 heavy (non-hydrogen) atoms. The number of carbonyl (C=O) groups excluding carboxylic acids is 2. The molecule has 0 saturated carbocycles. The van der Waals surface area contributed by atoms with Crippen LogP contribution in [-0.4, -0.2) is 36.9 Å². The third kappa shape index (κ3) is 3.27. The molecule has 1 aromatic rings. The summed E-state index contributed by atoms with van der Waals surface area (Å²) in [6.07, 6.45) is 0. The lowest BCUT2D eigenvalue weighted by atomic mass is 10.3. The van der Waals surface area contributed by atoms with E-state index in [0.29, 0.717) is 0 Å². The zero-order valence-corrected chi connectivity index (χ0v) is 11.2. The molecule has 0 bridgehead atoms. The number of ether oxygens (including phenoxy) is 1. The van der Waals surface area contributed by atoms with Gasteiger partial charge in [0.25, 0.3) is 0 Å². The summed E-state index contributed by atoms with van der Waals surface area (Å²) in [5.41, 5.74) is -0.0871. The maximum absolute atomic E-state index is 11.5. The Kier molecular flexibility index (Phi) is 4.98. The number of methoxy groups -OCH3 is 1. The van der Waals surface area contributed by atoms with Gasteiger partial charge in [-0.25, -0.2) is 9.78 Å². The highest BCUT2D eigenvalue weighted by atomic mass is 32.1. The molecule has 0 aromatic carbocycles. The Hall–Kier alpha value is -2.45. The van der Waals surface area contributed by atoms with Crippen LogP contribution < -0.4 is 4.90 Å². The molecule has 0 spiro atoms. The number of hydrogen-bond acceptors (Lipinski definition) is 8. The highest BCUT2D eigenvalue weighted by Gasteiger charge is 2.24. The van der Waals surface area contributed by atoms with E-state index in [1.165, 1.54) is 18.9 Å². The van der Waals surface area contributed by atoms with Crippen molar-refractivity contribution in [2.45, 2.75) is 6.92 Å². The molecule has 0 amide bonds. The molecule has 98 valence electrons. The Morgan fingerprint density at radius 3 is 2.37 bits per heavy atom. The van der Waals surface area contributed by atoms with Crippen molar-refractivity contribution in [3.8, 4) is 12.1 Å². The summed E-state index contributed by atoms with van der Waals surface area (Å²) in [5, 5.41) is 17.6. The number of anilines is 1. The lowest BCUT2D eigenvalue weighted by molar-refractivity contribution is 0.0591. The predicted octanol–water partition coefficient (Wildman–Crippen LogP) is 0.986. The molecular weight excluding hydrogens is 268 g/mol. The van der Waals surface area contributed by atoms with Crippen LogP contribution in [0.25, 0.3) is 0 Å². The molecule has 0 aliphatic rings. The van der Waals surface area contributed by atoms with Crippen molar-refractivity contribution in [1.29, 1.82) is 10.5 Å². The van der Waals surface area contributed by atoms with E-state index < -0.39 is 5.97 Å². The van der Waals surface area contributed by atoms with Gasteiger partial charge in [0.2, 0.25) is 0 Å². The average molecular weight is 278 g/mol. The van der Waals surface area contributed by atoms with Crippen molar-refractivity contribution in [1.82, 2.24) is 4.98 Å². The van der Waals surface area contributed by atoms with Crippen molar-refractivity contribution >= 4 is 28.2 Å². The minimum atomic E-state index is -0.721. The second-order valence-corrected chi connectivity index (χ2v) is 4.37. The van der Waals surface area contributed by atoms with Gasteiger partial charge in [0.05, 0.1) is 19.2 Å². The molecule has 0 radical (unpaired) electrons. The highest BCUT2D eigenvalue weighted by molar-refractivity contribution is 7.17. The molecule has 8 heteroatoms. The van der Waals surface area contributed by atoms with Gasteiger partial charge in [0, 0.05) is 6.92 Å². The predicted molar refractivity (Wildman–Crippen MR) is 66.9 cm³/mol. The molecular formula is C11H10N4O3S. The molecule has 0 aliphatic heterocycles. The largest absolute Gasteiger partial charge is 0.464 e. The van der Waals surface area contributed by atoms with Gasteiger partial charge in [-0.1, -0.05) is 11.3 Å². The standard InChI is InChI=1S/C11H10N4O3S/c1-7(16)9-8(10(17)18-2)14-11(19-9)15(5-3-12)6-4-13/h5-6H2,1-2H3. The monoisotopic (exact) mass is 278 g/mol. The van der Waals surface area contributed by atoms with Crippen LogP contribution in [0.2, 0.25) is 0 Å². The van der Waals surface area contributed by atoms with E-state index in [9.17, 15) is 9.59 Å². The number of rotatable bonds is 5. The van der Waals surface area contributed by atoms with E-state index in [-0.39, 0.29) is 34.6 Å². The van der Waals surface area contributed by atoms with Gasteiger partial charge in [0.15, 0.2) is 16.6 Å². The number of thiazole rings is 1. The van der Waals surface area contributed by atoms with E-state index in [1.54, 1.807) is 0 Å². The molecule has 0 aliphatic carbocycles. The van der Waals surface area contributed by atoms with E-state index >= 15 is 0 Å². The topological polar surface area (TPSA) is 107 Å². The number of aromatic nitrogens is 1. The fourth-order valence-electron chi connectivity index (χ4n) is 1.28. The molecule has 1 heterocycles. The summed E-state index contributed by atoms with van der Waals surface area (Å²) in [6.45, 7) is 1.20. The number of ketones is 1. The SMILES string of the molecule is COC(=O)c1nc(N(CC#N)CC#N)sc1C(C)=O. The molecule has 0 N–H and O–H groups in total. The lowest BCUT2D eigenvalue weighted by Crippen LogP contribution is -2.23. The zero-order valence-electron chi connectivity index (χ0n) is 10.3. The number of nitriles is 2. The first-order chi connectivity index (χ1) is 9.04. The molecule has 0 fully saturated rings. The average Bonchev–Trinajstić information content (AvgIpc) is 2.82. The van der Waals surface area contributed by atoms with Gasteiger partial charge in [-0.05, 0) is 0 Å². The number of hydrogen-bond donors (Lipinski definition) is 0. The second kappa shape index (κ2) is 6.47. The Morgan fingerprint density at radius 1 is 1.37 bits per heavy atom. The maximum atomic E-state index is 11.5. The number of esters is 1. The van der Waals surface area contributed by atoms with Crippen LogP contribution in [0.3, 0.4) is 0 Å². The lowest BCUT2D eigenvalue weighted by Gasteiger charge is -2.12. The first kappa shape index (κ1) is 14.6. The van der Waals surface area contributed by atoms with Crippen molar-refractivity contribution in [2.75, 3.05) is 25.1 Å². The highest BCUT2D eigenvalue weighted by Crippen LogP contribution is 2.27. The van der Waals surface area contributed by atoms with Crippen LogP contribution in [0.5, 0.6) is 0 Å². The molecule has 0 unspecified atom stereocenters. The number of nitrogens with zero attached hydrogens (tertiary/aromatic N) is 4. The molecule has 1 rings (SSSR count). The fourth-order valence-corrected chi connectivity index (χ4v) is 2.23. The van der Waals surface area contributed by atoms with E-state index in [4.69, 9.17) is 10.5 Å². The quantitative estimate of drug-likeness (QED) is 0.449. The summed E-state index contributed by atoms with van der Waals surface area (Å²) in [6, 6.07) is 3.79. The first-order valence-electron chi connectivity index (χ1n) is 5.14. The first-order valence-corrected chi connectivity index (χ1v) is 5.95. The Morgan fingerprint density at radius 2 is 1.95 bits per heavy atom. The van der Waals surface area contributed by atoms with Gasteiger partial charge in [-0.15, -0.1) is 0 Å². The van der Waals surface area contributed by atoms with Crippen LogP contribution in [0.4, 0.5) is 5.13 Å². The molecule has 0 atom stereocenters. The smallest absolute Gasteiger partial charge is 0.358 e. The Labute approximate surface area is 113 Å². The summed E-state index contributed by atoms with van der Waals surface area (Å²) in [7, 11) is 1.19. The Balaban J connectivity index is 3.24. The van der Waals surface area contributed by atoms with Gasteiger partial charge >= 0.3 is 5.97 Å². The maximum Gasteiger partial charge on any atom is 0.358 e. The number of carbonyl (C=O) groups is 2. The van der Waals surface area contributed by atoms with Crippen LogP contribution in [-0.2, 0) is 4.74 Å². The van der Waals surface area contributed by atoms with Crippen molar-refractivity contribution in [3.05, 3.63) is 10.6 Å². The second-order valence-electron chi connectivity index (χ2n) is 3.39. The molecule has 0 saturated heterocycles. The summed E-state index contributed by atoms with van der Waals surface area (Å²) < 4.78 is 4.54. The van der Waals surface area contributed by atoms with Gasteiger partial charge in [-0.2, -0.15) is 10.5 Å². The number of Topliss-reactive ketones (excluding diaryl/α,β-unsaturated/α-hetero) is 1. The minimum Gasteiger partial charge on any atom is -0.464 e. The van der Waals surface area contributed by atoms with Crippen LogP contribution in [0.15, 0.2) is 0 Å². The zero-order chi connectivity index (χ0) is 14.4. The summed E-state index contributed by atoms with van der Waals surface area (Å²) in [5.74, 6) is -1.04. The molecule has 1 aromatic heterocycles. The van der Waals surface area contributed by atoms with Crippen molar-refractivity contribution in [3.63, 3.8) is 0 Å². The van der Waals surface area contributed by atoms with Crippen molar-refractivity contribution in [2.24, 2.45) is 0 Å². The minimum absolute atomic E-state index is 0.0565. The summed E-state index contributed by atoms with van der Waals surface area (Å²) in [4.78, 5) is 28.5. The Bertz CT molecular complexity index is 566.